The fourth-order valence-electron chi connectivity index (χ4n) is 1.01. The Kier molecular flexibility index (Phi) is 3.34. The van der Waals surface area contributed by atoms with Crippen LogP contribution >= 0.6 is 0 Å². The van der Waals surface area contributed by atoms with E-state index in [1.54, 1.807) is 0 Å². The van der Waals surface area contributed by atoms with Gasteiger partial charge in [-0.25, -0.2) is 4.79 Å². The van der Waals surface area contributed by atoms with Crippen molar-refractivity contribution in [3.05, 3.63) is 24.3 Å². The number of anilines is 2. The molecular formula is C10H14N2O2. The molecule has 14 heavy (non-hydrogen) atoms. The largest absolute Gasteiger partial charge is 0.453 e. The summed E-state index contributed by atoms with van der Waals surface area (Å²) >= 11 is 0. The molecule has 0 saturated heterocycles. The third-order valence-electron chi connectivity index (χ3n) is 1.82. The van der Waals surface area contributed by atoms with Crippen LogP contribution in [0.25, 0.3) is 0 Å². The first-order valence-corrected chi connectivity index (χ1v) is 4.26. The van der Waals surface area contributed by atoms with Crippen LogP contribution in [0.15, 0.2) is 24.3 Å². The van der Waals surface area contributed by atoms with E-state index in [9.17, 15) is 4.79 Å². The summed E-state index contributed by atoms with van der Waals surface area (Å²) in [6.07, 6.45) is -0.456. The van der Waals surface area contributed by atoms with Crippen LogP contribution in [0.2, 0.25) is 0 Å². The van der Waals surface area contributed by atoms with E-state index in [1.807, 2.05) is 43.3 Å². The summed E-state index contributed by atoms with van der Waals surface area (Å²) in [5.41, 5.74) is 1.81. The lowest BCUT2D eigenvalue weighted by Crippen LogP contribution is -2.11. The van der Waals surface area contributed by atoms with Crippen molar-refractivity contribution in [3.63, 3.8) is 0 Å². The molecule has 4 nitrogen and oxygen atoms in total. The van der Waals surface area contributed by atoms with Crippen molar-refractivity contribution in [2.24, 2.45) is 0 Å². The van der Waals surface area contributed by atoms with Gasteiger partial charge in [0.05, 0.1) is 7.11 Å². The number of amides is 1. The summed E-state index contributed by atoms with van der Waals surface area (Å²) in [5, 5.41) is 2.58. The number of ether oxygens (including phenoxy) is 1. The van der Waals surface area contributed by atoms with Crippen LogP contribution in [0, 0.1) is 0 Å². The summed E-state index contributed by atoms with van der Waals surface area (Å²) in [6.45, 7) is 0. The Labute approximate surface area is 83.5 Å². The maximum atomic E-state index is 10.9. The molecule has 1 amide bonds. The van der Waals surface area contributed by atoms with Crippen molar-refractivity contribution in [2.75, 3.05) is 31.4 Å². The van der Waals surface area contributed by atoms with Gasteiger partial charge >= 0.3 is 6.09 Å². The highest BCUT2D eigenvalue weighted by Gasteiger charge is 2.00. The predicted molar refractivity (Wildman–Crippen MR) is 56.8 cm³/mol. The minimum Gasteiger partial charge on any atom is -0.453 e. The molecule has 0 aromatic heterocycles. The van der Waals surface area contributed by atoms with Crippen molar-refractivity contribution in [1.82, 2.24) is 0 Å². The molecule has 1 rings (SSSR count). The lowest BCUT2D eigenvalue weighted by atomic mass is 10.2. The highest BCUT2D eigenvalue weighted by Crippen LogP contribution is 2.15. The van der Waals surface area contributed by atoms with Gasteiger partial charge in [0.1, 0.15) is 0 Å². The SMILES string of the molecule is COC(=O)Nc1ccc(N(C)C)cc1. The van der Waals surface area contributed by atoms with Gasteiger partial charge in [-0.2, -0.15) is 0 Å². The Hall–Kier alpha value is -1.71. The molecule has 0 saturated carbocycles. The molecule has 0 aliphatic heterocycles. The first-order chi connectivity index (χ1) is 6.63. The second-order valence-electron chi connectivity index (χ2n) is 3.06. The van der Waals surface area contributed by atoms with Crippen molar-refractivity contribution < 1.29 is 9.53 Å². The number of carbonyl (C=O) groups is 1. The fraction of sp³-hybridized carbons (Fsp3) is 0.300. The standard InChI is InChI=1S/C10H14N2O2/c1-12(2)9-6-4-8(5-7-9)11-10(13)14-3/h4-7H,1-3H3,(H,11,13). The number of hydrogen-bond acceptors (Lipinski definition) is 3. The van der Waals surface area contributed by atoms with Crippen LogP contribution in [-0.4, -0.2) is 27.3 Å². The van der Waals surface area contributed by atoms with Gasteiger partial charge in [0.25, 0.3) is 0 Å². The Morgan fingerprint density at radius 3 is 2.29 bits per heavy atom. The average molecular weight is 194 g/mol. The number of carbonyl (C=O) groups excluding carboxylic acids is 1. The summed E-state index contributed by atoms with van der Waals surface area (Å²) in [6, 6.07) is 7.50. The maximum absolute atomic E-state index is 10.9. The van der Waals surface area contributed by atoms with Gasteiger partial charge in [0, 0.05) is 25.5 Å². The van der Waals surface area contributed by atoms with Crippen molar-refractivity contribution in [2.45, 2.75) is 0 Å². The van der Waals surface area contributed by atoms with Crippen molar-refractivity contribution >= 4 is 17.5 Å². The lowest BCUT2D eigenvalue weighted by molar-refractivity contribution is 0.187. The first-order valence-electron chi connectivity index (χ1n) is 4.26. The van der Waals surface area contributed by atoms with E-state index in [0.717, 1.165) is 11.4 Å². The van der Waals surface area contributed by atoms with Crippen LogP contribution < -0.4 is 10.2 Å². The molecular weight excluding hydrogens is 180 g/mol. The van der Waals surface area contributed by atoms with Gasteiger partial charge in [-0.15, -0.1) is 0 Å². The molecule has 0 radical (unpaired) electrons. The Morgan fingerprint density at radius 1 is 1.29 bits per heavy atom. The number of rotatable bonds is 2. The van der Waals surface area contributed by atoms with Gasteiger partial charge in [-0.1, -0.05) is 0 Å². The zero-order valence-electron chi connectivity index (χ0n) is 8.57. The van der Waals surface area contributed by atoms with E-state index in [4.69, 9.17) is 0 Å². The van der Waals surface area contributed by atoms with Gasteiger partial charge < -0.3 is 9.64 Å². The molecule has 1 N–H and O–H groups in total. The molecule has 0 aliphatic carbocycles. The van der Waals surface area contributed by atoms with Gasteiger partial charge in [-0.05, 0) is 24.3 Å². The van der Waals surface area contributed by atoms with Crippen LogP contribution in [0.3, 0.4) is 0 Å². The number of benzene rings is 1. The second-order valence-corrected chi connectivity index (χ2v) is 3.06. The smallest absolute Gasteiger partial charge is 0.411 e. The molecule has 1 aromatic rings. The zero-order valence-corrected chi connectivity index (χ0v) is 8.57. The maximum Gasteiger partial charge on any atom is 0.411 e. The van der Waals surface area contributed by atoms with E-state index in [0.29, 0.717) is 0 Å². The average Bonchev–Trinajstić information content (AvgIpc) is 2.18. The van der Waals surface area contributed by atoms with E-state index in [1.165, 1.54) is 7.11 Å². The summed E-state index contributed by atoms with van der Waals surface area (Å²) in [7, 11) is 5.26. The monoisotopic (exact) mass is 194 g/mol. The topological polar surface area (TPSA) is 41.6 Å². The Morgan fingerprint density at radius 2 is 1.86 bits per heavy atom. The highest BCUT2D eigenvalue weighted by molar-refractivity contribution is 5.84. The normalized spacial score (nSPS) is 9.36. The van der Waals surface area contributed by atoms with Crippen molar-refractivity contribution in [1.29, 1.82) is 0 Å². The number of nitrogens with one attached hydrogen (secondary N) is 1. The Bertz CT molecular complexity index is 306. The fourth-order valence-corrected chi connectivity index (χ4v) is 1.01. The summed E-state index contributed by atoms with van der Waals surface area (Å²) in [5.74, 6) is 0. The molecule has 0 spiro atoms. The van der Waals surface area contributed by atoms with Crippen LogP contribution in [-0.2, 0) is 4.74 Å². The van der Waals surface area contributed by atoms with Crippen LogP contribution in [0.5, 0.6) is 0 Å². The van der Waals surface area contributed by atoms with Gasteiger partial charge in [0.2, 0.25) is 0 Å². The number of hydrogen-bond donors (Lipinski definition) is 1. The van der Waals surface area contributed by atoms with E-state index >= 15 is 0 Å². The quantitative estimate of drug-likeness (QED) is 0.782. The third kappa shape index (κ3) is 2.65. The summed E-state index contributed by atoms with van der Waals surface area (Å²) < 4.78 is 4.47. The predicted octanol–water partition coefficient (Wildman–Crippen LogP) is 1.93. The molecule has 0 heterocycles. The van der Waals surface area contributed by atoms with E-state index < -0.39 is 6.09 Å². The number of nitrogens with zero attached hydrogens (tertiary/aromatic N) is 1. The number of methoxy groups -OCH3 is 1. The molecule has 0 aliphatic rings. The molecule has 0 unspecified atom stereocenters. The van der Waals surface area contributed by atoms with E-state index in [-0.39, 0.29) is 0 Å². The first kappa shape index (κ1) is 10.4. The van der Waals surface area contributed by atoms with Gasteiger partial charge in [-0.3, -0.25) is 5.32 Å². The second kappa shape index (κ2) is 4.50. The lowest BCUT2D eigenvalue weighted by Gasteiger charge is -2.12. The molecule has 76 valence electrons. The molecule has 4 heteroatoms. The minimum atomic E-state index is -0.456. The minimum absolute atomic E-state index is 0.456. The third-order valence-corrected chi connectivity index (χ3v) is 1.82. The van der Waals surface area contributed by atoms with Crippen LogP contribution in [0.1, 0.15) is 0 Å². The molecule has 0 atom stereocenters. The molecule has 1 aromatic carbocycles. The van der Waals surface area contributed by atoms with E-state index in [2.05, 4.69) is 10.1 Å². The van der Waals surface area contributed by atoms with Crippen molar-refractivity contribution in [3.8, 4) is 0 Å². The molecule has 0 fully saturated rings. The zero-order chi connectivity index (χ0) is 10.6. The van der Waals surface area contributed by atoms with Gasteiger partial charge in [0.15, 0.2) is 0 Å². The molecule has 0 bridgehead atoms. The Balaban J connectivity index is 2.69. The summed E-state index contributed by atoms with van der Waals surface area (Å²) in [4.78, 5) is 12.8. The highest BCUT2D eigenvalue weighted by atomic mass is 16.5. The van der Waals surface area contributed by atoms with Crippen LogP contribution in [0.4, 0.5) is 16.2 Å².